The van der Waals surface area contributed by atoms with Gasteiger partial charge in [0, 0.05) is 32.7 Å². The minimum absolute atomic E-state index is 0. The van der Waals surface area contributed by atoms with Crippen molar-refractivity contribution in [3.05, 3.63) is 35.9 Å². The molecule has 0 saturated heterocycles. The summed E-state index contributed by atoms with van der Waals surface area (Å²) < 4.78 is 0. The molecule has 0 saturated carbocycles. The van der Waals surface area contributed by atoms with E-state index in [4.69, 9.17) is 0 Å². The number of anilines is 1. The molecule has 11 heavy (non-hydrogen) atoms. The zero-order valence-electron chi connectivity index (χ0n) is 5.99. The van der Waals surface area contributed by atoms with Gasteiger partial charge in [-0.1, -0.05) is 30.4 Å². The second-order valence-electron chi connectivity index (χ2n) is 2.37. The van der Waals surface area contributed by atoms with Crippen LogP contribution >= 0.6 is 0 Å². The van der Waals surface area contributed by atoms with Crippen LogP contribution in [0.3, 0.4) is 0 Å². The Kier molecular flexibility index (Phi) is 2.87. The normalized spacial score (nSPS) is 12.7. The number of para-hydroxylation sites is 1. The van der Waals surface area contributed by atoms with Crippen molar-refractivity contribution in [1.29, 1.82) is 0 Å². The summed E-state index contributed by atoms with van der Waals surface area (Å²) in [6.07, 6.45) is 4.27. The summed E-state index contributed by atoms with van der Waals surface area (Å²) in [5.41, 5.74) is 2.53. The molecule has 1 aromatic carbocycles. The van der Waals surface area contributed by atoms with Crippen molar-refractivity contribution in [2.24, 2.45) is 0 Å². The minimum Gasteiger partial charge on any atom is -0.381 e. The Morgan fingerprint density at radius 2 is 2.00 bits per heavy atom. The van der Waals surface area contributed by atoms with Gasteiger partial charge in [0.15, 0.2) is 0 Å². The van der Waals surface area contributed by atoms with Gasteiger partial charge in [-0.15, -0.1) is 0 Å². The largest absolute Gasteiger partial charge is 0.381 e. The van der Waals surface area contributed by atoms with Gasteiger partial charge >= 0.3 is 0 Å². The van der Waals surface area contributed by atoms with Crippen molar-refractivity contribution < 1.29 is 20.4 Å². The molecule has 0 spiro atoms. The molecule has 2 rings (SSSR count). The first-order valence-electron chi connectivity index (χ1n) is 3.46. The van der Waals surface area contributed by atoms with Gasteiger partial charge in [-0.2, -0.15) is 0 Å². The van der Waals surface area contributed by atoms with E-state index in [1.54, 1.807) is 0 Å². The van der Waals surface area contributed by atoms with Crippen LogP contribution in [0, 0.1) is 0 Å². The summed E-state index contributed by atoms with van der Waals surface area (Å²) >= 11 is 0. The quantitative estimate of drug-likeness (QED) is 0.682. The monoisotopic (exact) mass is 237 g/mol. The standard InChI is InChI=1S/C9H9N.Pd/c1-2-6-9-8(4-1)5-3-7-10-9;/h1-6,10H,7H2;. The molecule has 1 N–H and O–H groups in total. The first-order chi connectivity index (χ1) is 4.97. The summed E-state index contributed by atoms with van der Waals surface area (Å²) in [5, 5.41) is 3.28. The van der Waals surface area contributed by atoms with Crippen molar-refractivity contribution in [2.75, 3.05) is 11.9 Å². The summed E-state index contributed by atoms with van der Waals surface area (Å²) in [4.78, 5) is 0. The molecular formula is C9H9NPd. The first-order valence-corrected chi connectivity index (χ1v) is 3.46. The zero-order chi connectivity index (χ0) is 6.81. The van der Waals surface area contributed by atoms with Gasteiger partial charge < -0.3 is 5.32 Å². The van der Waals surface area contributed by atoms with Crippen molar-refractivity contribution in [3.8, 4) is 0 Å². The van der Waals surface area contributed by atoms with Crippen LogP contribution in [0.25, 0.3) is 6.08 Å². The van der Waals surface area contributed by atoms with E-state index in [-0.39, 0.29) is 20.4 Å². The van der Waals surface area contributed by atoms with Crippen LogP contribution in [0.4, 0.5) is 5.69 Å². The topological polar surface area (TPSA) is 12.0 Å². The van der Waals surface area contributed by atoms with E-state index in [0.717, 1.165) is 6.54 Å². The predicted octanol–water partition coefficient (Wildman–Crippen LogP) is 2.12. The van der Waals surface area contributed by atoms with Gasteiger partial charge in [0.05, 0.1) is 0 Å². The van der Waals surface area contributed by atoms with E-state index in [0.29, 0.717) is 0 Å². The molecule has 0 atom stereocenters. The van der Waals surface area contributed by atoms with Gasteiger partial charge in [0.1, 0.15) is 0 Å². The number of fused-ring (bicyclic) bond motifs is 1. The molecule has 1 aromatic rings. The van der Waals surface area contributed by atoms with Crippen LogP contribution in [0.5, 0.6) is 0 Å². The summed E-state index contributed by atoms with van der Waals surface area (Å²) in [5.74, 6) is 0. The number of hydrogen-bond donors (Lipinski definition) is 1. The van der Waals surface area contributed by atoms with E-state index >= 15 is 0 Å². The number of benzene rings is 1. The number of rotatable bonds is 0. The molecule has 60 valence electrons. The van der Waals surface area contributed by atoms with E-state index in [1.807, 2.05) is 6.07 Å². The van der Waals surface area contributed by atoms with Gasteiger partial charge in [-0.25, -0.2) is 0 Å². The molecule has 0 aromatic heterocycles. The molecule has 0 unspecified atom stereocenters. The summed E-state index contributed by atoms with van der Waals surface area (Å²) in [6, 6.07) is 8.30. The fourth-order valence-corrected chi connectivity index (χ4v) is 1.16. The van der Waals surface area contributed by atoms with Gasteiger partial charge in [0.25, 0.3) is 0 Å². The molecule has 1 nitrogen and oxygen atoms in total. The van der Waals surface area contributed by atoms with E-state index in [9.17, 15) is 0 Å². The Morgan fingerprint density at radius 3 is 2.82 bits per heavy atom. The van der Waals surface area contributed by atoms with Crippen molar-refractivity contribution in [3.63, 3.8) is 0 Å². The van der Waals surface area contributed by atoms with Crippen molar-refractivity contribution in [1.82, 2.24) is 0 Å². The maximum atomic E-state index is 3.28. The van der Waals surface area contributed by atoms with Gasteiger partial charge in [-0.05, 0) is 11.6 Å². The summed E-state index contributed by atoms with van der Waals surface area (Å²) in [6.45, 7) is 0.955. The molecule has 0 radical (unpaired) electrons. The summed E-state index contributed by atoms with van der Waals surface area (Å²) in [7, 11) is 0. The third-order valence-corrected chi connectivity index (χ3v) is 1.67. The number of hydrogen-bond acceptors (Lipinski definition) is 1. The Bertz CT molecular complexity index is 268. The Balaban J connectivity index is 0.000000605. The van der Waals surface area contributed by atoms with Crippen LogP contribution in [0.2, 0.25) is 0 Å². The minimum atomic E-state index is 0. The third kappa shape index (κ3) is 1.71. The van der Waals surface area contributed by atoms with E-state index in [1.165, 1.54) is 11.3 Å². The fourth-order valence-electron chi connectivity index (χ4n) is 1.16. The first kappa shape index (κ1) is 8.52. The maximum Gasteiger partial charge on any atom is 0.0416 e. The maximum absolute atomic E-state index is 3.28. The third-order valence-electron chi connectivity index (χ3n) is 1.67. The van der Waals surface area contributed by atoms with Crippen LogP contribution < -0.4 is 5.32 Å². The molecule has 1 aliphatic heterocycles. The van der Waals surface area contributed by atoms with Crippen molar-refractivity contribution >= 4 is 11.8 Å². The molecule has 1 heterocycles. The van der Waals surface area contributed by atoms with Gasteiger partial charge in [-0.3, -0.25) is 0 Å². The Morgan fingerprint density at radius 1 is 1.18 bits per heavy atom. The average Bonchev–Trinajstić information content (AvgIpc) is 2.05. The van der Waals surface area contributed by atoms with Gasteiger partial charge in [0.2, 0.25) is 0 Å². The Hall–Kier alpha value is -0.578. The SMILES string of the molecule is C1=Cc2ccccc2NC1.[Pd]. The fraction of sp³-hybridized carbons (Fsp3) is 0.111. The average molecular weight is 238 g/mol. The second kappa shape index (κ2) is 3.71. The van der Waals surface area contributed by atoms with E-state index in [2.05, 4.69) is 35.7 Å². The molecule has 1 aliphatic rings. The van der Waals surface area contributed by atoms with E-state index < -0.39 is 0 Å². The van der Waals surface area contributed by atoms with Crippen molar-refractivity contribution in [2.45, 2.75) is 0 Å². The molecule has 0 aliphatic carbocycles. The molecule has 2 heteroatoms. The molecular weight excluding hydrogens is 229 g/mol. The zero-order valence-corrected chi connectivity index (χ0v) is 7.54. The predicted molar refractivity (Wildman–Crippen MR) is 44.0 cm³/mol. The van der Waals surface area contributed by atoms with Crippen LogP contribution in [-0.4, -0.2) is 6.54 Å². The van der Waals surface area contributed by atoms with Crippen LogP contribution in [0.15, 0.2) is 30.3 Å². The molecule has 0 bridgehead atoms. The molecule has 0 amide bonds. The van der Waals surface area contributed by atoms with Crippen LogP contribution in [0.1, 0.15) is 5.56 Å². The molecule has 0 fully saturated rings. The smallest absolute Gasteiger partial charge is 0.0416 e. The Labute approximate surface area is 80.2 Å². The second-order valence-corrected chi connectivity index (χ2v) is 2.37. The van der Waals surface area contributed by atoms with Crippen LogP contribution in [-0.2, 0) is 20.4 Å². The number of nitrogens with one attached hydrogen (secondary N) is 1.